The van der Waals surface area contributed by atoms with Crippen LogP contribution < -0.4 is 5.32 Å². The summed E-state index contributed by atoms with van der Waals surface area (Å²) in [6.45, 7) is 1.92. The molecule has 0 saturated heterocycles. The summed E-state index contributed by atoms with van der Waals surface area (Å²) >= 11 is 0. The second kappa shape index (κ2) is 6.04. The Bertz CT molecular complexity index is 508. The van der Waals surface area contributed by atoms with E-state index in [2.05, 4.69) is 5.32 Å². The summed E-state index contributed by atoms with van der Waals surface area (Å²) in [6.07, 6.45) is 4.51. The minimum absolute atomic E-state index is 0.00255. The van der Waals surface area contributed by atoms with E-state index in [9.17, 15) is 14.9 Å². The van der Waals surface area contributed by atoms with E-state index in [1.807, 2.05) is 6.92 Å². The molecule has 7 heteroatoms. The van der Waals surface area contributed by atoms with Crippen LogP contribution >= 0.6 is 0 Å². The van der Waals surface area contributed by atoms with Crippen LogP contribution in [0, 0.1) is 10.1 Å². The SMILES string of the molecule is CCC(CCO)NC(=O)c1cc([N+](=O)[O-])cn1C1CC1. The number of aliphatic hydroxyl groups is 1. The van der Waals surface area contributed by atoms with Crippen LogP contribution in [0.1, 0.15) is 49.1 Å². The molecule has 2 N–H and O–H groups in total. The first-order valence-electron chi connectivity index (χ1n) is 6.84. The topological polar surface area (TPSA) is 97.4 Å². The van der Waals surface area contributed by atoms with Gasteiger partial charge >= 0.3 is 0 Å². The molecular formula is C13H19N3O4. The molecule has 0 aromatic carbocycles. The summed E-state index contributed by atoms with van der Waals surface area (Å²) in [5, 5.41) is 22.6. The number of amides is 1. The van der Waals surface area contributed by atoms with Crippen molar-refractivity contribution in [2.45, 2.75) is 44.7 Å². The maximum atomic E-state index is 12.2. The van der Waals surface area contributed by atoms with Crippen LogP contribution in [-0.4, -0.2) is 33.2 Å². The van der Waals surface area contributed by atoms with Gasteiger partial charge < -0.3 is 15.0 Å². The van der Waals surface area contributed by atoms with Crippen LogP contribution in [-0.2, 0) is 0 Å². The van der Waals surface area contributed by atoms with Crippen molar-refractivity contribution in [1.82, 2.24) is 9.88 Å². The molecule has 20 heavy (non-hydrogen) atoms. The third-order valence-corrected chi connectivity index (χ3v) is 3.52. The largest absolute Gasteiger partial charge is 0.396 e. The number of hydrogen-bond acceptors (Lipinski definition) is 4. The molecule has 1 aromatic heterocycles. The Labute approximate surface area is 116 Å². The lowest BCUT2D eigenvalue weighted by molar-refractivity contribution is -0.384. The third-order valence-electron chi connectivity index (χ3n) is 3.52. The molecule has 7 nitrogen and oxygen atoms in total. The standard InChI is InChI=1S/C13H19N3O4/c1-2-9(5-6-17)14-13(18)12-7-11(16(19)20)8-15(12)10-3-4-10/h7-10,17H,2-6H2,1H3,(H,14,18). The number of hydrogen-bond donors (Lipinski definition) is 2. The normalized spacial score (nSPS) is 15.9. The quantitative estimate of drug-likeness (QED) is 0.586. The van der Waals surface area contributed by atoms with Gasteiger partial charge in [0.05, 0.1) is 11.1 Å². The Balaban J connectivity index is 2.17. The number of nitrogens with one attached hydrogen (secondary N) is 1. The fourth-order valence-corrected chi connectivity index (χ4v) is 2.19. The van der Waals surface area contributed by atoms with E-state index in [0.29, 0.717) is 18.5 Å². The number of nitrogens with zero attached hydrogens (tertiary/aromatic N) is 2. The smallest absolute Gasteiger partial charge is 0.287 e. The molecule has 0 radical (unpaired) electrons. The van der Waals surface area contributed by atoms with Crippen LogP contribution in [0.5, 0.6) is 0 Å². The predicted molar refractivity (Wildman–Crippen MR) is 72.6 cm³/mol. The highest BCUT2D eigenvalue weighted by Crippen LogP contribution is 2.37. The monoisotopic (exact) mass is 281 g/mol. The second-order valence-corrected chi connectivity index (χ2v) is 5.07. The van der Waals surface area contributed by atoms with E-state index in [-0.39, 0.29) is 30.3 Å². The molecule has 1 atom stereocenters. The molecule has 1 aliphatic carbocycles. The number of aromatic nitrogens is 1. The van der Waals surface area contributed by atoms with Gasteiger partial charge in [0, 0.05) is 24.8 Å². The summed E-state index contributed by atoms with van der Waals surface area (Å²) < 4.78 is 1.69. The van der Waals surface area contributed by atoms with Crippen LogP contribution in [0.4, 0.5) is 5.69 Å². The Morgan fingerprint density at radius 1 is 1.65 bits per heavy atom. The Hall–Kier alpha value is -1.89. The van der Waals surface area contributed by atoms with Gasteiger partial charge in [0.1, 0.15) is 5.69 Å². The van der Waals surface area contributed by atoms with Crippen LogP contribution in [0.15, 0.2) is 12.3 Å². The third kappa shape index (κ3) is 3.16. The van der Waals surface area contributed by atoms with Crippen molar-refractivity contribution >= 4 is 11.6 Å². The van der Waals surface area contributed by atoms with Gasteiger partial charge in [0.15, 0.2) is 0 Å². The van der Waals surface area contributed by atoms with Gasteiger partial charge in [0.25, 0.3) is 11.6 Å². The summed E-state index contributed by atoms with van der Waals surface area (Å²) in [7, 11) is 0. The molecule has 1 aliphatic rings. The molecule has 1 heterocycles. The van der Waals surface area contributed by atoms with E-state index in [1.54, 1.807) is 4.57 Å². The fourth-order valence-electron chi connectivity index (χ4n) is 2.19. The molecule has 1 unspecified atom stereocenters. The summed E-state index contributed by atoms with van der Waals surface area (Å²) in [4.78, 5) is 22.6. The fraction of sp³-hybridized carbons (Fsp3) is 0.615. The number of aliphatic hydroxyl groups excluding tert-OH is 1. The van der Waals surface area contributed by atoms with Crippen molar-refractivity contribution in [3.8, 4) is 0 Å². The van der Waals surface area contributed by atoms with Crippen LogP contribution in [0.25, 0.3) is 0 Å². The van der Waals surface area contributed by atoms with E-state index in [4.69, 9.17) is 5.11 Å². The minimum Gasteiger partial charge on any atom is -0.396 e. The molecule has 1 saturated carbocycles. The number of carbonyl (C=O) groups is 1. The zero-order valence-electron chi connectivity index (χ0n) is 11.4. The number of rotatable bonds is 7. The van der Waals surface area contributed by atoms with Gasteiger partial charge in [-0.25, -0.2) is 0 Å². The van der Waals surface area contributed by atoms with Crippen molar-refractivity contribution in [2.75, 3.05) is 6.61 Å². The Morgan fingerprint density at radius 3 is 2.85 bits per heavy atom. The average molecular weight is 281 g/mol. The van der Waals surface area contributed by atoms with Gasteiger partial charge in [-0.1, -0.05) is 6.92 Å². The van der Waals surface area contributed by atoms with E-state index in [0.717, 1.165) is 12.8 Å². The highest BCUT2D eigenvalue weighted by atomic mass is 16.6. The van der Waals surface area contributed by atoms with Crippen molar-refractivity contribution in [3.63, 3.8) is 0 Å². The summed E-state index contributed by atoms with van der Waals surface area (Å²) in [6, 6.07) is 1.40. The predicted octanol–water partition coefficient (Wildman–Crippen LogP) is 1.62. The zero-order valence-corrected chi connectivity index (χ0v) is 11.4. The van der Waals surface area contributed by atoms with E-state index in [1.165, 1.54) is 12.3 Å². The van der Waals surface area contributed by atoms with Gasteiger partial charge in [0.2, 0.25) is 0 Å². The van der Waals surface area contributed by atoms with Crippen molar-refractivity contribution in [2.24, 2.45) is 0 Å². The molecular weight excluding hydrogens is 262 g/mol. The number of nitro groups is 1. The highest BCUT2D eigenvalue weighted by molar-refractivity contribution is 5.93. The van der Waals surface area contributed by atoms with Gasteiger partial charge in [-0.3, -0.25) is 14.9 Å². The lowest BCUT2D eigenvalue weighted by Gasteiger charge is -2.16. The maximum Gasteiger partial charge on any atom is 0.287 e. The van der Waals surface area contributed by atoms with Crippen molar-refractivity contribution < 1.29 is 14.8 Å². The number of carbonyl (C=O) groups excluding carboxylic acids is 1. The Morgan fingerprint density at radius 2 is 2.35 bits per heavy atom. The van der Waals surface area contributed by atoms with Crippen LogP contribution in [0.3, 0.4) is 0 Å². The van der Waals surface area contributed by atoms with Crippen molar-refractivity contribution in [1.29, 1.82) is 0 Å². The van der Waals surface area contributed by atoms with Crippen molar-refractivity contribution in [3.05, 3.63) is 28.1 Å². The van der Waals surface area contributed by atoms with Gasteiger partial charge in [-0.2, -0.15) is 0 Å². The Kier molecular flexibility index (Phi) is 4.39. The maximum absolute atomic E-state index is 12.2. The first kappa shape index (κ1) is 14.5. The minimum atomic E-state index is -0.485. The lowest BCUT2D eigenvalue weighted by atomic mass is 10.1. The molecule has 2 rings (SSSR count). The van der Waals surface area contributed by atoms with E-state index < -0.39 is 4.92 Å². The first-order chi connectivity index (χ1) is 9.56. The summed E-state index contributed by atoms with van der Waals surface area (Å²) in [5.41, 5.74) is 0.271. The van der Waals surface area contributed by atoms with Gasteiger partial charge in [-0.15, -0.1) is 0 Å². The summed E-state index contributed by atoms with van der Waals surface area (Å²) in [5.74, 6) is -0.315. The lowest BCUT2D eigenvalue weighted by Crippen LogP contribution is -2.36. The molecule has 0 aliphatic heterocycles. The average Bonchev–Trinajstić information content (AvgIpc) is 3.16. The molecule has 110 valence electrons. The second-order valence-electron chi connectivity index (χ2n) is 5.07. The molecule has 0 spiro atoms. The van der Waals surface area contributed by atoms with E-state index >= 15 is 0 Å². The molecule has 0 bridgehead atoms. The molecule has 1 amide bonds. The van der Waals surface area contributed by atoms with Gasteiger partial charge in [-0.05, 0) is 25.7 Å². The first-order valence-corrected chi connectivity index (χ1v) is 6.84. The van der Waals surface area contributed by atoms with Crippen LogP contribution in [0.2, 0.25) is 0 Å². The zero-order chi connectivity index (χ0) is 14.7. The molecule has 1 fully saturated rings. The molecule has 1 aromatic rings. The highest BCUT2D eigenvalue weighted by Gasteiger charge is 2.30.